The maximum absolute atomic E-state index is 9.14. The molecule has 0 saturated carbocycles. The molecule has 1 aromatic rings. The number of nitrogens with zero attached hydrogens (tertiary/aromatic N) is 2. The third-order valence-electron chi connectivity index (χ3n) is 2.84. The van der Waals surface area contributed by atoms with Crippen LogP contribution >= 0.6 is 0 Å². The Morgan fingerprint density at radius 3 is 2.86 bits per heavy atom. The van der Waals surface area contributed by atoms with Gasteiger partial charge in [0.1, 0.15) is 6.07 Å². The first kappa shape index (κ1) is 9.21. The van der Waals surface area contributed by atoms with Crippen LogP contribution in [0.1, 0.15) is 48.6 Å². The minimum Gasteiger partial charge on any atom is -0.259 e. The number of hydrogen-bond acceptors (Lipinski definition) is 2. The SMILES string of the molecule is CC(C)c1ncc2c(c1C#N)CCC2. The van der Waals surface area contributed by atoms with Crippen LogP contribution < -0.4 is 0 Å². The van der Waals surface area contributed by atoms with Crippen molar-refractivity contribution in [2.45, 2.75) is 39.0 Å². The van der Waals surface area contributed by atoms with Crippen LogP contribution in [-0.2, 0) is 12.8 Å². The highest BCUT2D eigenvalue weighted by Gasteiger charge is 2.19. The van der Waals surface area contributed by atoms with Crippen molar-refractivity contribution in [3.8, 4) is 6.07 Å². The van der Waals surface area contributed by atoms with E-state index in [4.69, 9.17) is 5.26 Å². The topological polar surface area (TPSA) is 36.7 Å². The molecule has 0 aliphatic heterocycles. The lowest BCUT2D eigenvalue weighted by atomic mass is 9.98. The quantitative estimate of drug-likeness (QED) is 0.675. The summed E-state index contributed by atoms with van der Waals surface area (Å²) < 4.78 is 0. The van der Waals surface area contributed by atoms with Gasteiger partial charge in [-0.2, -0.15) is 5.26 Å². The highest BCUT2D eigenvalue weighted by molar-refractivity contribution is 5.47. The van der Waals surface area contributed by atoms with Gasteiger partial charge in [-0.05, 0) is 36.3 Å². The van der Waals surface area contributed by atoms with Crippen LogP contribution in [0.15, 0.2) is 6.20 Å². The highest BCUT2D eigenvalue weighted by atomic mass is 14.7. The van der Waals surface area contributed by atoms with Crippen LogP contribution in [0.3, 0.4) is 0 Å². The summed E-state index contributed by atoms with van der Waals surface area (Å²) in [6.45, 7) is 4.18. The van der Waals surface area contributed by atoms with Gasteiger partial charge < -0.3 is 0 Å². The molecule has 1 heterocycles. The highest BCUT2D eigenvalue weighted by Crippen LogP contribution is 2.28. The molecule has 0 atom stereocenters. The van der Waals surface area contributed by atoms with Gasteiger partial charge in [0.2, 0.25) is 0 Å². The van der Waals surface area contributed by atoms with Gasteiger partial charge in [0.05, 0.1) is 11.3 Å². The van der Waals surface area contributed by atoms with E-state index in [0.717, 1.165) is 24.1 Å². The maximum Gasteiger partial charge on any atom is 0.101 e. The molecule has 2 nitrogen and oxygen atoms in total. The molecule has 0 spiro atoms. The van der Waals surface area contributed by atoms with Gasteiger partial charge in [-0.3, -0.25) is 4.98 Å². The molecule has 0 bridgehead atoms. The smallest absolute Gasteiger partial charge is 0.101 e. The summed E-state index contributed by atoms with van der Waals surface area (Å²) in [5.74, 6) is 0.343. The number of hydrogen-bond donors (Lipinski definition) is 0. The maximum atomic E-state index is 9.14. The van der Waals surface area contributed by atoms with E-state index >= 15 is 0 Å². The summed E-state index contributed by atoms with van der Waals surface area (Å²) >= 11 is 0. The monoisotopic (exact) mass is 186 g/mol. The Labute approximate surface area is 84.6 Å². The van der Waals surface area contributed by atoms with Crippen molar-refractivity contribution in [2.24, 2.45) is 0 Å². The van der Waals surface area contributed by atoms with Crippen molar-refractivity contribution in [3.63, 3.8) is 0 Å². The molecule has 0 aromatic carbocycles. The summed E-state index contributed by atoms with van der Waals surface area (Å²) in [6.07, 6.45) is 5.28. The molecule has 0 radical (unpaired) electrons. The van der Waals surface area contributed by atoms with E-state index in [0.29, 0.717) is 5.92 Å². The van der Waals surface area contributed by atoms with Crippen molar-refractivity contribution in [1.29, 1.82) is 5.26 Å². The minimum atomic E-state index is 0.343. The van der Waals surface area contributed by atoms with E-state index in [1.54, 1.807) is 0 Å². The van der Waals surface area contributed by atoms with Gasteiger partial charge >= 0.3 is 0 Å². The van der Waals surface area contributed by atoms with Crippen LogP contribution in [0.4, 0.5) is 0 Å². The van der Waals surface area contributed by atoms with Gasteiger partial charge in [-0.1, -0.05) is 13.8 Å². The third kappa shape index (κ3) is 1.29. The Bertz CT molecular complexity index is 400. The lowest BCUT2D eigenvalue weighted by Gasteiger charge is -2.10. The number of rotatable bonds is 1. The summed E-state index contributed by atoms with van der Waals surface area (Å²) in [6, 6.07) is 2.31. The third-order valence-corrected chi connectivity index (χ3v) is 2.84. The van der Waals surface area contributed by atoms with Crippen molar-refractivity contribution in [3.05, 3.63) is 28.6 Å². The Kier molecular flexibility index (Phi) is 2.25. The van der Waals surface area contributed by atoms with Crippen molar-refractivity contribution < 1.29 is 0 Å². The molecular formula is C12H14N2. The molecule has 0 amide bonds. The second-order valence-electron chi connectivity index (χ2n) is 4.14. The summed E-state index contributed by atoms with van der Waals surface area (Å²) in [7, 11) is 0. The van der Waals surface area contributed by atoms with Crippen LogP contribution in [0.5, 0.6) is 0 Å². The van der Waals surface area contributed by atoms with E-state index in [2.05, 4.69) is 24.9 Å². The van der Waals surface area contributed by atoms with Gasteiger partial charge in [0.25, 0.3) is 0 Å². The second kappa shape index (κ2) is 3.42. The van der Waals surface area contributed by atoms with E-state index in [9.17, 15) is 0 Å². The van der Waals surface area contributed by atoms with Gasteiger partial charge in [0.15, 0.2) is 0 Å². The van der Waals surface area contributed by atoms with E-state index in [-0.39, 0.29) is 0 Å². The van der Waals surface area contributed by atoms with Crippen molar-refractivity contribution >= 4 is 0 Å². The fraction of sp³-hybridized carbons (Fsp3) is 0.500. The molecule has 0 saturated heterocycles. The molecule has 1 aromatic heterocycles. The molecular weight excluding hydrogens is 172 g/mol. The lowest BCUT2D eigenvalue weighted by Crippen LogP contribution is -2.01. The van der Waals surface area contributed by atoms with Crippen LogP contribution in [0.25, 0.3) is 0 Å². The molecule has 1 aliphatic rings. The zero-order valence-electron chi connectivity index (χ0n) is 8.67. The first-order valence-corrected chi connectivity index (χ1v) is 5.14. The fourth-order valence-electron chi connectivity index (χ4n) is 2.12. The average Bonchev–Trinajstić information content (AvgIpc) is 2.63. The number of aryl methyl sites for hydroxylation is 1. The zero-order chi connectivity index (χ0) is 10.1. The molecule has 72 valence electrons. The standard InChI is InChI=1S/C12H14N2/c1-8(2)12-11(6-13)10-5-3-4-9(10)7-14-12/h7-8H,3-5H2,1-2H3. The Hall–Kier alpha value is -1.36. The largest absolute Gasteiger partial charge is 0.259 e. The van der Waals surface area contributed by atoms with Gasteiger partial charge in [-0.15, -0.1) is 0 Å². The number of aromatic nitrogens is 1. The molecule has 2 rings (SSSR count). The average molecular weight is 186 g/mol. The predicted molar refractivity (Wildman–Crippen MR) is 55.1 cm³/mol. The Morgan fingerprint density at radius 2 is 2.21 bits per heavy atom. The molecule has 2 heteroatoms. The number of nitriles is 1. The number of fused-ring (bicyclic) bond motifs is 1. The molecule has 0 unspecified atom stereocenters. The van der Waals surface area contributed by atoms with E-state index in [1.165, 1.54) is 17.5 Å². The first-order chi connectivity index (χ1) is 6.74. The molecule has 14 heavy (non-hydrogen) atoms. The summed E-state index contributed by atoms with van der Waals surface area (Å²) in [4.78, 5) is 4.40. The molecule has 0 N–H and O–H groups in total. The normalized spacial score (nSPS) is 14.1. The lowest BCUT2D eigenvalue weighted by molar-refractivity contribution is 0.813. The van der Waals surface area contributed by atoms with Crippen LogP contribution in [0, 0.1) is 11.3 Å². The Balaban J connectivity index is 2.61. The Morgan fingerprint density at radius 1 is 1.43 bits per heavy atom. The molecule has 0 fully saturated rings. The van der Waals surface area contributed by atoms with Crippen molar-refractivity contribution in [1.82, 2.24) is 4.98 Å². The van der Waals surface area contributed by atoms with Gasteiger partial charge in [0, 0.05) is 6.20 Å². The molecule has 1 aliphatic carbocycles. The van der Waals surface area contributed by atoms with Gasteiger partial charge in [-0.25, -0.2) is 0 Å². The zero-order valence-corrected chi connectivity index (χ0v) is 8.67. The van der Waals surface area contributed by atoms with Crippen LogP contribution in [0.2, 0.25) is 0 Å². The first-order valence-electron chi connectivity index (χ1n) is 5.14. The second-order valence-corrected chi connectivity index (χ2v) is 4.14. The fourth-order valence-corrected chi connectivity index (χ4v) is 2.12. The van der Waals surface area contributed by atoms with E-state index < -0.39 is 0 Å². The van der Waals surface area contributed by atoms with E-state index in [1.807, 2.05) is 6.20 Å². The summed E-state index contributed by atoms with van der Waals surface area (Å²) in [5.41, 5.74) is 4.35. The van der Waals surface area contributed by atoms with Crippen molar-refractivity contribution in [2.75, 3.05) is 0 Å². The van der Waals surface area contributed by atoms with Crippen LogP contribution in [-0.4, -0.2) is 4.98 Å². The summed E-state index contributed by atoms with van der Waals surface area (Å²) in [5, 5.41) is 9.14. The number of pyridine rings is 1. The minimum absolute atomic E-state index is 0.343. The predicted octanol–water partition coefficient (Wildman–Crippen LogP) is 2.57.